The molecule has 174 valence electrons. The van der Waals surface area contributed by atoms with Crippen LogP contribution in [0.15, 0.2) is 66.7 Å². The van der Waals surface area contributed by atoms with E-state index in [-0.39, 0.29) is 24.3 Å². The standard InChI is InChI=1S/C27H32N2O4/c1-18(29-16-26(32)23-9-10-25(31)24(15-23)17-30)12-20-5-3-7-22(14-20)21-6-2-4-19(13-21)8-11-27(28)33/h2-7,9-10,13-15,18,26,29-32H,8,11-12,16-17H2,1H3,(H2,28,33)/t18-,26-/m1/s1. The number of benzene rings is 3. The quantitative estimate of drug-likeness (QED) is 0.309. The highest BCUT2D eigenvalue weighted by Gasteiger charge is 2.12. The van der Waals surface area contributed by atoms with E-state index in [2.05, 4.69) is 42.6 Å². The van der Waals surface area contributed by atoms with Gasteiger partial charge in [-0.25, -0.2) is 0 Å². The van der Waals surface area contributed by atoms with E-state index in [0.29, 0.717) is 30.5 Å². The number of aliphatic hydroxyl groups is 2. The number of aryl methyl sites for hydroxylation is 1. The average Bonchev–Trinajstić information content (AvgIpc) is 2.82. The van der Waals surface area contributed by atoms with Gasteiger partial charge in [-0.1, -0.05) is 54.6 Å². The Labute approximate surface area is 194 Å². The molecule has 6 heteroatoms. The zero-order valence-corrected chi connectivity index (χ0v) is 18.9. The van der Waals surface area contributed by atoms with Crippen LogP contribution in [0.2, 0.25) is 0 Å². The van der Waals surface area contributed by atoms with E-state index in [1.807, 2.05) is 18.2 Å². The molecule has 0 aliphatic heterocycles. The fraction of sp³-hybridized carbons (Fsp3) is 0.296. The van der Waals surface area contributed by atoms with Crippen molar-refractivity contribution in [2.24, 2.45) is 5.73 Å². The van der Waals surface area contributed by atoms with Gasteiger partial charge in [-0.15, -0.1) is 0 Å². The minimum atomic E-state index is -0.743. The molecule has 33 heavy (non-hydrogen) atoms. The lowest BCUT2D eigenvalue weighted by molar-refractivity contribution is -0.117. The van der Waals surface area contributed by atoms with Crippen molar-refractivity contribution in [3.63, 3.8) is 0 Å². The minimum absolute atomic E-state index is 0.0214. The molecule has 3 aromatic rings. The highest BCUT2D eigenvalue weighted by molar-refractivity contribution is 5.74. The highest BCUT2D eigenvalue weighted by atomic mass is 16.3. The monoisotopic (exact) mass is 448 g/mol. The van der Waals surface area contributed by atoms with Crippen molar-refractivity contribution in [2.45, 2.75) is 44.9 Å². The van der Waals surface area contributed by atoms with Crippen molar-refractivity contribution < 1.29 is 20.1 Å². The van der Waals surface area contributed by atoms with Gasteiger partial charge in [-0.05, 0) is 59.7 Å². The molecule has 0 unspecified atom stereocenters. The molecule has 0 aliphatic carbocycles. The Bertz CT molecular complexity index is 1080. The molecule has 0 aliphatic rings. The summed E-state index contributed by atoms with van der Waals surface area (Å²) in [6.45, 7) is 2.15. The van der Waals surface area contributed by atoms with E-state index in [1.54, 1.807) is 12.1 Å². The minimum Gasteiger partial charge on any atom is -0.508 e. The van der Waals surface area contributed by atoms with E-state index in [1.165, 1.54) is 11.6 Å². The van der Waals surface area contributed by atoms with Gasteiger partial charge in [0.1, 0.15) is 5.75 Å². The number of nitrogens with one attached hydrogen (secondary N) is 1. The van der Waals surface area contributed by atoms with Gasteiger partial charge >= 0.3 is 0 Å². The van der Waals surface area contributed by atoms with Crippen LogP contribution in [0.3, 0.4) is 0 Å². The van der Waals surface area contributed by atoms with Gasteiger partial charge < -0.3 is 26.4 Å². The number of aliphatic hydroxyl groups excluding tert-OH is 2. The molecule has 6 nitrogen and oxygen atoms in total. The number of carbonyl (C=O) groups excluding carboxylic acids is 1. The fourth-order valence-electron chi connectivity index (χ4n) is 3.85. The van der Waals surface area contributed by atoms with Gasteiger partial charge in [-0.3, -0.25) is 4.79 Å². The Balaban J connectivity index is 1.60. The third kappa shape index (κ3) is 7.15. The Hall–Kier alpha value is -3.19. The summed E-state index contributed by atoms with van der Waals surface area (Å²) in [5, 5.41) is 32.8. The molecule has 0 heterocycles. The third-order valence-electron chi connectivity index (χ3n) is 5.71. The SMILES string of the molecule is C[C@H](Cc1cccc(-c2cccc(CCC(N)=O)c2)c1)NC[C@@H](O)c1ccc(O)c(CO)c1. The Kier molecular flexibility index (Phi) is 8.60. The van der Waals surface area contributed by atoms with Gasteiger partial charge in [0.2, 0.25) is 5.91 Å². The molecule has 0 aromatic heterocycles. The largest absolute Gasteiger partial charge is 0.508 e. The summed E-state index contributed by atoms with van der Waals surface area (Å²) in [6, 6.07) is 21.4. The lowest BCUT2D eigenvalue weighted by Crippen LogP contribution is -2.32. The third-order valence-corrected chi connectivity index (χ3v) is 5.71. The van der Waals surface area contributed by atoms with Crippen LogP contribution in [0.5, 0.6) is 5.75 Å². The second-order valence-corrected chi connectivity index (χ2v) is 8.44. The predicted octanol–water partition coefficient (Wildman–Crippen LogP) is 3.22. The lowest BCUT2D eigenvalue weighted by atomic mass is 9.97. The first-order chi connectivity index (χ1) is 15.9. The molecule has 3 aromatic carbocycles. The van der Waals surface area contributed by atoms with Crippen LogP contribution in [-0.4, -0.2) is 33.8 Å². The van der Waals surface area contributed by atoms with E-state index in [4.69, 9.17) is 5.73 Å². The fourth-order valence-corrected chi connectivity index (χ4v) is 3.85. The van der Waals surface area contributed by atoms with Crippen LogP contribution in [0.4, 0.5) is 0 Å². The number of phenols is 1. The molecular formula is C27H32N2O4. The van der Waals surface area contributed by atoms with E-state index >= 15 is 0 Å². The molecule has 0 bridgehead atoms. The van der Waals surface area contributed by atoms with Crippen LogP contribution >= 0.6 is 0 Å². The van der Waals surface area contributed by atoms with Crippen LogP contribution in [0.1, 0.15) is 41.7 Å². The number of amides is 1. The Morgan fingerprint density at radius 3 is 2.33 bits per heavy atom. The molecule has 0 saturated heterocycles. The number of primary amides is 1. The van der Waals surface area contributed by atoms with Crippen LogP contribution < -0.4 is 11.1 Å². The summed E-state index contributed by atoms with van der Waals surface area (Å²) < 4.78 is 0. The molecule has 0 saturated carbocycles. The predicted molar refractivity (Wildman–Crippen MR) is 130 cm³/mol. The van der Waals surface area contributed by atoms with Crippen LogP contribution in [0.25, 0.3) is 11.1 Å². The molecule has 2 atom stereocenters. The van der Waals surface area contributed by atoms with E-state index < -0.39 is 6.10 Å². The highest BCUT2D eigenvalue weighted by Crippen LogP contribution is 2.24. The van der Waals surface area contributed by atoms with Crippen molar-refractivity contribution in [2.75, 3.05) is 6.54 Å². The van der Waals surface area contributed by atoms with Crippen LogP contribution in [0, 0.1) is 0 Å². The number of nitrogens with two attached hydrogens (primary N) is 1. The number of hydrogen-bond acceptors (Lipinski definition) is 5. The number of aromatic hydroxyl groups is 1. The average molecular weight is 449 g/mol. The first-order valence-electron chi connectivity index (χ1n) is 11.2. The summed E-state index contributed by atoms with van der Waals surface area (Å²) in [4.78, 5) is 11.1. The van der Waals surface area contributed by atoms with Crippen molar-refractivity contribution >= 4 is 5.91 Å². The summed E-state index contributed by atoms with van der Waals surface area (Å²) in [5.74, 6) is -0.277. The number of carbonyl (C=O) groups is 1. The summed E-state index contributed by atoms with van der Waals surface area (Å²) in [7, 11) is 0. The summed E-state index contributed by atoms with van der Waals surface area (Å²) >= 11 is 0. The Morgan fingerprint density at radius 2 is 1.67 bits per heavy atom. The van der Waals surface area contributed by atoms with Crippen LogP contribution in [-0.2, 0) is 24.2 Å². The van der Waals surface area contributed by atoms with E-state index in [0.717, 1.165) is 23.1 Å². The topological polar surface area (TPSA) is 116 Å². The molecule has 1 amide bonds. The van der Waals surface area contributed by atoms with Crippen molar-refractivity contribution in [3.05, 3.63) is 89.0 Å². The maximum absolute atomic E-state index is 11.1. The zero-order chi connectivity index (χ0) is 23.8. The summed E-state index contributed by atoms with van der Waals surface area (Å²) in [5.41, 5.74) is 10.8. The van der Waals surface area contributed by atoms with Crippen molar-refractivity contribution in [3.8, 4) is 16.9 Å². The summed E-state index contributed by atoms with van der Waals surface area (Å²) in [6.07, 6.45) is 1.02. The molecule has 3 rings (SSSR count). The molecular weight excluding hydrogens is 416 g/mol. The van der Waals surface area contributed by atoms with Crippen molar-refractivity contribution in [1.82, 2.24) is 5.32 Å². The normalized spacial score (nSPS) is 12.9. The lowest BCUT2D eigenvalue weighted by Gasteiger charge is -2.18. The van der Waals surface area contributed by atoms with Gasteiger partial charge in [0.05, 0.1) is 12.7 Å². The first-order valence-corrected chi connectivity index (χ1v) is 11.2. The number of rotatable bonds is 11. The first kappa shape index (κ1) is 24.5. The maximum atomic E-state index is 11.1. The molecule has 0 spiro atoms. The zero-order valence-electron chi connectivity index (χ0n) is 18.9. The van der Waals surface area contributed by atoms with Gasteiger partial charge in [0.15, 0.2) is 0 Å². The number of hydrogen-bond donors (Lipinski definition) is 5. The van der Waals surface area contributed by atoms with Gasteiger partial charge in [0, 0.05) is 24.6 Å². The van der Waals surface area contributed by atoms with E-state index in [9.17, 15) is 20.1 Å². The maximum Gasteiger partial charge on any atom is 0.217 e. The second-order valence-electron chi connectivity index (χ2n) is 8.44. The van der Waals surface area contributed by atoms with Crippen molar-refractivity contribution in [1.29, 1.82) is 0 Å². The molecule has 6 N–H and O–H groups in total. The van der Waals surface area contributed by atoms with Gasteiger partial charge in [-0.2, -0.15) is 0 Å². The second kappa shape index (κ2) is 11.6. The molecule has 0 fully saturated rings. The Morgan fingerprint density at radius 1 is 1.00 bits per heavy atom. The van der Waals surface area contributed by atoms with Gasteiger partial charge in [0.25, 0.3) is 0 Å². The molecule has 0 radical (unpaired) electrons. The smallest absolute Gasteiger partial charge is 0.217 e.